The Morgan fingerprint density at radius 1 is 0.857 bits per heavy atom. The predicted molar refractivity (Wildman–Crippen MR) is 145 cm³/mol. The van der Waals surface area contributed by atoms with Gasteiger partial charge in [-0.15, -0.1) is 0 Å². The quantitative estimate of drug-likeness (QED) is 0.0905. The van der Waals surface area contributed by atoms with E-state index in [4.69, 9.17) is 18.9 Å². The van der Waals surface area contributed by atoms with Crippen LogP contribution in [-0.2, 0) is 28.5 Å². The molecule has 0 radical (unpaired) electrons. The van der Waals surface area contributed by atoms with Crippen LogP contribution in [0.2, 0.25) is 0 Å². The summed E-state index contributed by atoms with van der Waals surface area (Å²) in [5.41, 5.74) is 0. The van der Waals surface area contributed by atoms with Crippen LogP contribution in [0, 0.1) is 5.92 Å². The van der Waals surface area contributed by atoms with Gasteiger partial charge in [-0.25, -0.2) is 0 Å². The SMILES string of the molecule is C[I-]C(CC(=O)OCC(C)OCC(C)OCC(C)OC(=O)CCN1CCN(I(C)C)CC1)C(C)C. The molecule has 0 aliphatic carbocycles. The summed E-state index contributed by atoms with van der Waals surface area (Å²) in [6.45, 7) is 16.0. The molecule has 35 heavy (non-hydrogen) atoms. The van der Waals surface area contributed by atoms with E-state index in [0.717, 1.165) is 32.7 Å². The first-order valence-corrected chi connectivity index (χ1v) is 21.2. The number of esters is 2. The maximum atomic E-state index is 12.2. The number of carbonyl (C=O) groups excluding carboxylic acids is 2. The molecule has 1 rings (SSSR count). The number of alkyl halides is 4. The van der Waals surface area contributed by atoms with Crippen molar-refractivity contribution in [1.29, 1.82) is 0 Å². The number of hydrogen-bond donors (Lipinski definition) is 0. The molecule has 0 aromatic heterocycles. The molecule has 1 heterocycles. The van der Waals surface area contributed by atoms with Gasteiger partial charge >= 0.3 is 233 Å². The summed E-state index contributed by atoms with van der Waals surface area (Å²) >= 11 is -0.859. The van der Waals surface area contributed by atoms with Crippen LogP contribution in [0.25, 0.3) is 0 Å². The third kappa shape index (κ3) is 15.3. The number of carbonyl (C=O) groups is 2. The zero-order valence-electron chi connectivity index (χ0n) is 23.1. The fourth-order valence-electron chi connectivity index (χ4n) is 3.54. The van der Waals surface area contributed by atoms with Gasteiger partial charge in [0.05, 0.1) is 0 Å². The van der Waals surface area contributed by atoms with Crippen molar-refractivity contribution in [2.45, 2.75) is 69.7 Å². The summed E-state index contributed by atoms with van der Waals surface area (Å²) in [5, 5.41) is 0. The normalized spacial score (nSPS) is 19.3. The van der Waals surface area contributed by atoms with Crippen molar-refractivity contribution < 1.29 is 49.7 Å². The average Bonchev–Trinajstić information content (AvgIpc) is 2.82. The molecule has 0 bridgehead atoms. The van der Waals surface area contributed by atoms with Gasteiger partial charge in [0.1, 0.15) is 0 Å². The van der Waals surface area contributed by atoms with Gasteiger partial charge in [0.15, 0.2) is 0 Å². The first kappa shape index (κ1) is 33.3. The zero-order valence-corrected chi connectivity index (χ0v) is 27.4. The molecule has 1 aliphatic heterocycles. The molecule has 1 aliphatic rings. The van der Waals surface area contributed by atoms with Gasteiger partial charge in [-0.2, -0.15) is 0 Å². The fraction of sp³-hybridized carbons (Fsp3) is 0.920. The summed E-state index contributed by atoms with van der Waals surface area (Å²) in [6, 6.07) is 0. The van der Waals surface area contributed by atoms with Gasteiger partial charge in [0.2, 0.25) is 0 Å². The zero-order chi connectivity index (χ0) is 26.4. The topological polar surface area (TPSA) is 77.5 Å². The number of hydrogen-bond acceptors (Lipinski definition) is 8. The van der Waals surface area contributed by atoms with Crippen LogP contribution in [0.1, 0.15) is 47.5 Å². The molecule has 210 valence electrons. The monoisotopic (exact) mass is 727 g/mol. The third-order valence-corrected chi connectivity index (χ3v) is 13.0. The van der Waals surface area contributed by atoms with E-state index in [1.807, 2.05) is 20.8 Å². The molecular weight excluding hydrogens is 678 g/mol. The minimum absolute atomic E-state index is 0.0165. The van der Waals surface area contributed by atoms with Crippen LogP contribution in [0.3, 0.4) is 0 Å². The molecule has 0 amide bonds. The van der Waals surface area contributed by atoms with Crippen molar-refractivity contribution in [3.63, 3.8) is 0 Å². The Morgan fingerprint density at radius 2 is 1.43 bits per heavy atom. The molecule has 4 atom stereocenters. The number of nitrogens with zero attached hydrogens (tertiary/aromatic N) is 2. The van der Waals surface area contributed by atoms with E-state index < -0.39 is 20.1 Å². The van der Waals surface area contributed by atoms with Crippen LogP contribution in [-0.4, -0.2) is 110 Å². The van der Waals surface area contributed by atoms with Crippen molar-refractivity contribution in [3.05, 3.63) is 0 Å². The molecule has 1 saturated heterocycles. The second kappa shape index (κ2) is 18.5. The van der Waals surface area contributed by atoms with E-state index in [1.165, 1.54) is 0 Å². The first-order valence-electron chi connectivity index (χ1n) is 12.6. The summed E-state index contributed by atoms with van der Waals surface area (Å²) in [6.07, 6.45) is 0.270. The number of piperazine rings is 1. The maximum absolute atomic E-state index is 12.2. The second-order valence-electron chi connectivity index (χ2n) is 9.67. The van der Waals surface area contributed by atoms with Crippen LogP contribution in [0.15, 0.2) is 0 Å². The van der Waals surface area contributed by atoms with E-state index in [0.29, 0.717) is 35.9 Å². The van der Waals surface area contributed by atoms with E-state index in [-0.39, 0.29) is 58.1 Å². The van der Waals surface area contributed by atoms with E-state index in [1.54, 1.807) is 0 Å². The molecule has 10 heteroatoms. The molecule has 4 unspecified atom stereocenters. The molecule has 1 fully saturated rings. The van der Waals surface area contributed by atoms with Crippen LogP contribution < -0.4 is 21.2 Å². The Hall–Kier alpha value is 0.240. The first-order chi connectivity index (χ1) is 16.5. The summed E-state index contributed by atoms with van der Waals surface area (Å²) in [5.74, 6) is 0.202. The molecule has 0 aromatic rings. The van der Waals surface area contributed by atoms with Gasteiger partial charge in [-0.05, 0) is 0 Å². The van der Waals surface area contributed by atoms with E-state index in [2.05, 4.69) is 36.7 Å². The van der Waals surface area contributed by atoms with Gasteiger partial charge in [-0.3, -0.25) is 0 Å². The molecule has 0 aromatic carbocycles. The Balaban J connectivity index is 2.13. The van der Waals surface area contributed by atoms with Crippen molar-refractivity contribution >= 4 is 32.0 Å². The molecular formula is C25H49I2N2O6-. The summed E-state index contributed by atoms with van der Waals surface area (Å²) in [4.78, 5) is 33.6. The van der Waals surface area contributed by atoms with Crippen molar-refractivity contribution in [3.8, 4) is 0 Å². The molecule has 0 spiro atoms. The van der Waals surface area contributed by atoms with Crippen LogP contribution in [0.5, 0.6) is 0 Å². The van der Waals surface area contributed by atoms with Crippen molar-refractivity contribution in [1.82, 2.24) is 8.01 Å². The second-order valence-corrected chi connectivity index (χ2v) is 18.0. The van der Waals surface area contributed by atoms with E-state index in [9.17, 15) is 9.59 Å². The van der Waals surface area contributed by atoms with Gasteiger partial charge < -0.3 is 0 Å². The Kier molecular flexibility index (Phi) is 17.6. The third-order valence-electron chi connectivity index (χ3n) is 5.84. The Morgan fingerprint density at radius 3 is 1.97 bits per heavy atom. The summed E-state index contributed by atoms with van der Waals surface area (Å²) < 4.78 is 25.5. The van der Waals surface area contributed by atoms with Gasteiger partial charge in [0, 0.05) is 0 Å². The molecule has 8 nitrogen and oxygen atoms in total. The van der Waals surface area contributed by atoms with Crippen LogP contribution in [0.4, 0.5) is 0 Å². The van der Waals surface area contributed by atoms with E-state index >= 15 is 0 Å². The fourth-order valence-corrected chi connectivity index (χ4v) is 8.14. The van der Waals surface area contributed by atoms with Crippen molar-refractivity contribution in [2.75, 3.05) is 67.3 Å². The minimum atomic E-state index is -0.875. The summed E-state index contributed by atoms with van der Waals surface area (Å²) in [7, 11) is 0. The predicted octanol–water partition coefficient (Wildman–Crippen LogP) is 0.0937. The van der Waals surface area contributed by atoms with Gasteiger partial charge in [0.25, 0.3) is 0 Å². The van der Waals surface area contributed by atoms with Gasteiger partial charge in [-0.1, -0.05) is 0 Å². The number of ether oxygens (including phenoxy) is 4. The number of halogens is 2. The van der Waals surface area contributed by atoms with Crippen molar-refractivity contribution in [2.24, 2.45) is 5.92 Å². The standard InChI is InChI=1S/C25H49I2N2O6/c1-19(2)23(26-6)15-25(31)34-17-21(4)32-16-20(3)33-18-22(5)35-24(30)9-10-28-11-13-29(14-12-28)27(7)8/h19-23H,9-18H2,1-8H3/q-1. The Labute approximate surface area is 231 Å². The van der Waals surface area contributed by atoms with Crippen LogP contribution >= 0.6 is 20.1 Å². The molecule has 0 N–H and O–H groups in total. The number of rotatable bonds is 17. The molecule has 0 saturated carbocycles. The average molecular weight is 727 g/mol. The Bertz CT molecular complexity index is 603.